The summed E-state index contributed by atoms with van der Waals surface area (Å²) in [5.41, 5.74) is 2.67. The minimum absolute atomic E-state index is 0.0234. The molecule has 0 aromatic heterocycles. The zero-order valence-electron chi connectivity index (χ0n) is 13.6. The third-order valence-electron chi connectivity index (χ3n) is 4.64. The van der Waals surface area contributed by atoms with Gasteiger partial charge in [-0.3, -0.25) is 4.79 Å². The number of nitrogens with zero attached hydrogens (tertiary/aromatic N) is 2. The van der Waals surface area contributed by atoms with Crippen molar-refractivity contribution in [3.63, 3.8) is 0 Å². The molecule has 0 N–H and O–H groups in total. The van der Waals surface area contributed by atoms with Crippen LogP contribution in [0.5, 0.6) is 0 Å². The Morgan fingerprint density at radius 1 is 1.23 bits per heavy atom. The van der Waals surface area contributed by atoms with Gasteiger partial charge in [0.25, 0.3) is 5.91 Å². The van der Waals surface area contributed by atoms with E-state index in [4.69, 9.17) is 9.73 Å². The molecule has 2 atom stereocenters. The minimum atomic E-state index is -0.807. The summed E-state index contributed by atoms with van der Waals surface area (Å²) in [4.78, 5) is 19.3. The van der Waals surface area contributed by atoms with Crippen LogP contribution in [0.4, 0.5) is 0 Å². The van der Waals surface area contributed by atoms with Gasteiger partial charge in [0.15, 0.2) is 5.54 Å². The number of likely N-dealkylation sites (N-methyl/N-ethyl adjacent to an activating group) is 1. The van der Waals surface area contributed by atoms with Gasteiger partial charge in [-0.05, 0) is 26.0 Å². The summed E-state index contributed by atoms with van der Waals surface area (Å²) in [6.07, 6.45) is 1.18. The molecule has 0 radical (unpaired) electrons. The van der Waals surface area contributed by atoms with Crippen molar-refractivity contribution in [2.24, 2.45) is 4.99 Å². The van der Waals surface area contributed by atoms with Gasteiger partial charge in [-0.25, -0.2) is 4.99 Å². The number of carbonyl (C=O) groups is 1. The fourth-order valence-corrected chi connectivity index (χ4v) is 3.24. The maximum atomic E-state index is 12.8. The summed E-state index contributed by atoms with van der Waals surface area (Å²) >= 11 is 0. The number of fused-ring (bicyclic) bond motifs is 1. The summed E-state index contributed by atoms with van der Waals surface area (Å²) in [6.45, 7) is 4.20. The Labute approximate surface area is 131 Å². The van der Waals surface area contributed by atoms with Crippen LogP contribution in [0.3, 0.4) is 0 Å². The Balaban J connectivity index is 2.06. The first kappa shape index (κ1) is 14.8. The van der Waals surface area contributed by atoms with Crippen LogP contribution in [0.15, 0.2) is 46.5 Å². The number of ether oxygens (including phenoxy) is 1. The van der Waals surface area contributed by atoms with Gasteiger partial charge >= 0.3 is 0 Å². The van der Waals surface area contributed by atoms with E-state index in [0.717, 1.165) is 12.0 Å². The molecule has 4 heteroatoms. The van der Waals surface area contributed by atoms with E-state index in [0.29, 0.717) is 12.3 Å². The van der Waals surface area contributed by atoms with Crippen LogP contribution in [0.2, 0.25) is 0 Å². The van der Waals surface area contributed by atoms with Crippen LogP contribution < -0.4 is 0 Å². The molecule has 22 heavy (non-hydrogen) atoms. The molecule has 1 aliphatic heterocycles. The predicted octanol–water partition coefficient (Wildman–Crippen LogP) is 2.79. The van der Waals surface area contributed by atoms with E-state index in [1.807, 2.05) is 30.3 Å². The molecular formula is C18H22N2O2. The molecule has 0 unspecified atom stereocenters. The van der Waals surface area contributed by atoms with Crippen LogP contribution >= 0.6 is 0 Å². The molecule has 0 bridgehead atoms. The lowest BCUT2D eigenvalue weighted by molar-refractivity contribution is -0.137. The molecule has 1 heterocycles. The van der Waals surface area contributed by atoms with Gasteiger partial charge in [-0.15, -0.1) is 0 Å². The van der Waals surface area contributed by atoms with Crippen molar-refractivity contribution < 1.29 is 9.53 Å². The third-order valence-corrected chi connectivity index (χ3v) is 4.64. The third kappa shape index (κ3) is 2.23. The molecule has 0 saturated carbocycles. The van der Waals surface area contributed by atoms with E-state index in [1.165, 1.54) is 11.1 Å². The van der Waals surface area contributed by atoms with E-state index in [9.17, 15) is 4.79 Å². The largest absolute Gasteiger partial charge is 0.471 e. The molecular weight excluding hydrogens is 276 g/mol. The number of amides is 1. The van der Waals surface area contributed by atoms with Crippen LogP contribution in [-0.4, -0.2) is 42.4 Å². The van der Waals surface area contributed by atoms with Gasteiger partial charge in [-0.1, -0.05) is 29.3 Å². The van der Waals surface area contributed by atoms with Gasteiger partial charge in [0.05, 0.1) is 0 Å². The van der Waals surface area contributed by atoms with Crippen molar-refractivity contribution in [3.8, 4) is 0 Å². The number of hydrogen-bond acceptors (Lipinski definition) is 3. The smallest absolute Gasteiger partial charge is 0.254 e. The minimum Gasteiger partial charge on any atom is -0.471 e. The summed E-state index contributed by atoms with van der Waals surface area (Å²) in [5.74, 6) is 0.610. The lowest BCUT2D eigenvalue weighted by atomic mass is 9.76. The topological polar surface area (TPSA) is 41.9 Å². The first-order chi connectivity index (χ1) is 10.4. The lowest BCUT2D eigenvalue weighted by Gasteiger charge is -2.36. The molecule has 1 amide bonds. The van der Waals surface area contributed by atoms with Crippen LogP contribution in [-0.2, 0) is 9.53 Å². The Morgan fingerprint density at radius 3 is 2.55 bits per heavy atom. The van der Waals surface area contributed by atoms with Crippen molar-refractivity contribution in [1.29, 1.82) is 0 Å². The van der Waals surface area contributed by atoms with Gasteiger partial charge in [0, 0.05) is 32.5 Å². The normalized spacial score (nSPS) is 27.1. The Kier molecular flexibility index (Phi) is 3.55. The quantitative estimate of drug-likeness (QED) is 0.788. The fraction of sp³-hybridized carbons (Fsp3) is 0.444. The fourth-order valence-electron chi connectivity index (χ4n) is 3.24. The highest BCUT2D eigenvalue weighted by atomic mass is 16.5. The zero-order valence-corrected chi connectivity index (χ0v) is 13.6. The molecule has 3 rings (SSSR count). The first-order valence-electron chi connectivity index (χ1n) is 7.63. The van der Waals surface area contributed by atoms with Crippen molar-refractivity contribution in [2.75, 3.05) is 14.1 Å². The van der Waals surface area contributed by atoms with Crippen LogP contribution in [0, 0.1) is 0 Å². The SMILES string of the molecule is CC1=C(C)C[C@@]2(C(=O)N(C)C)N=C(c3ccccc3)O[C@H]2C1. The van der Waals surface area contributed by atoms with Crippen LogP contribution in [0.1, 0.15) is 32.3 Å². The van der Waals surface area contributed by atoms with E-state index < -0.39 is 5.54 Å². The van der Waals surface area contributed by atoms with Gasteiger partial charge in [0.1, 0.15) is 6.10 Å². The number of hydrogen-bond donors (Lipinski definition) is 0. The lowest BCUT2D eigenvalue weighted by Crippen LogP contribution is -2.53. The van der Waals surface area contributed by atoms with Crippen molar-refractivity contribution in [3.05, 3.63) is 47.0 Å². The molecule has 0 spiro atoms. The second-order valence-electron chi connectivity index (χ2n) is 6.45. The summed E-state index contributed by atoms with van der Waals surface area (Å²) in [7, 11) is 3.56. The zero-order chi connectivity index (χ0) is 15.9. The van der Waals surface area contributed by atoms with E-state index in [-0.39, 0.29) is 12.0 Å². The number of rotatable bonds is 2. The Hall–Kier alpha value is -2.10. The summed E-state index contributed by atoms with van der Waals surface area (Å²) in [6, 6.07) is 9.81. The number of benzene rings is 1. The molecule has 0 saturated heterocycles. The molecule has 0 fully saturated rings. The Bertz CT molecular complexity index is 661. The van der Waals surface area contributed by atoms with E-state index in [1.54, 1.807) is 19.0 Å². The molecule has 4 nitrogen and oxygen atoms in total. The van der Waals surface area contributed by atoms with E-state index in [2.05, 4.69) is 13.8 Å². The van der Waals surface area contributed by atoms with Crippen molar-refractivity contribution in [2.45, 2.75) is 38.3 Å². The average Bonchev–Trinajstić information content (AvgIpc) is 2.87. The standard InChI is InChI=1S/C18H22N2O2/c1-12-10-15-18(11-13(12)2,17(21)20(3)4)19-16(22-15)14-8-6-5-7-9-14/h5-9,15H,10-11H2,1-4H3/t15-,18+/m0/s1. The summed E-state index contributed by atoms with van der Waals surface area (Å²) < 4.78 is 6.11. The van der Waals surface area contributed by atoms with Crippen LogP contribution in [0.25, 0.3) is 0 Å². The number of carbonyl (C=O) groups excluding carboxylic acids is 1. The monoisotopic (exact) mass is 298 g/mol. The molecule has 1 aliphatic carbocycles. The molecule has 116 valence electrons. The Morgan fingerprint density at radius 2 is 1.91 bits per heavy atom. The summed E-state index contributed by atoms with van der Waals surface area (Å²) in [5, 5.41) is 0. The van der Waals surface area contributed by atoms with Gasteiger partial charge < -0.3 is 9.64 Å². The highest BCUT2D eigenvalue weighted by Crippen LogP contribution is 2.42. The second-order valence-corrected chi connectivity index (χ2v) is 6.45. The van der Waals surface area contributed by atoms with Gasteiger partial charge in [-0.2, -0.15) is 0 Å². The molecule has 1 aromatic rings. The first-order valence-corrected chi connectivity index (χ1v) is 7.63. The predicted molar refractivity (Wildman–Crippen MR) is 86.9 cm³/mol. The highest BCUT2D eigenvalue weighted by molar-refractivity contribution is 6.01. The number of aliphatic imine (C=N–C) groups is 1. The van der Waals surface area contributed by atoms with Crippen molar-refractivity contribution in [1.82, 2.24) is 4.90 Å². The maximum absolute atomic E-state index is 12.8. The van der Waals surface area contributed by atoms with Gasteiger partial charge in [0.2, 0.25) is 5.90 Å². The van der Waals surface area contributed by atoms with E-state index >= 15 is 0 Å². The molecule has 2 aliphatic rings. The average molecular weight is 298 g/mol. The second kappa shape index (κ2) is 5.27. The highest BCUT2D eigenvalue weighted by Gasteiger charge is 2.54. The maximum Gasteiger partial charge on any atom is 0.254 e. The van der Waals surface area contributed by atoms with Crippen molar-refractivity contribution >= 4 is 11.8 Å². The molecule has 1 aromatic carbocycles.